The van der Waals surface area contributed by atoms with Gasteiger partial charge in [-0.1, -0.05) is 0 Å². The Morgan fingerprint density at radius 3 is 2.94 bits per heavy atom. The maximum atomic E-state index is 11.8. The smallest absolute Gasteiger partial charge is 0.223 e. The Morgan fingerprint density at radius 2 is 2.39 bits per heavy atom. The summed E-state index contributed by atoms with van der Waals surface area (Å²) in [6.45, 7) is 0.572. The van der Waals surface area contributed by atoms with Crippen LogP contribution in [-0.2, 0) is 11.2 Å². The van der Waals surface area contributed by atoms with Gasteiger partial charge in [-0.3, -0.25) is 9.89 Å². The van der Waals surface area contributed by atoms with Crippen LogP contribution in [0.3, 0.4) is 0 Å². The Labute approximate surface area is 112 Å². The Kier molecular flexibility index (Phi) is 5.58. The third-order valence-electron chi connectivity index (χ3n) is 3.20. The summed E-state index contributed by atoms with van der Waals surface area (Å²) in [5.41, 5.74) is 6.66. The van der Waals surface area contributed by atoms with Crippen molar-refractivity contribution < 1.29 is 9.90 Å². The molecule has 1 aliphatic carbocycles. The molecule has 1 aromatic heterocycles. The Balaban J connectivity index is 0.00000162. The van der Waals surface area contributed by atoms with Gasteiger partial charge in [-0.2, -0.15) is 5.10 Å². The van der Waals surface area contributed by atoms with Crippen LogP contribution in [0.15, 0.2) is 12.3 Å². The van der Waals surface area contributed by atoms with Gasteiger partial charge >= 0.3 is 0 Å². The number of halogens is 1. The van der Waals surface area contributed by atoms with Crippen molar-refractivity contribution in [2.24, 2.45) is 11.7 Å². The van der Waals surface area contributed by atoms with E-state index in [2.05, 4.69) is 15.5 Å². The second-order valence-electron chi connectivity index (χ2n) is 4.52. The van der Waals surface area contributed by atoms with Gasteiger partial charge in [0.2, 0.25) is 5.91 Å². The van der Waals surface area contributed by atoms with Crippen LogP contribution in [0.1, 0.15) is 18.5 Å². The summed E-state index contributed by atoms with van der Waals surface area (Å²) in [4.78, 5) is 11.8. The van der Waals surface area contributed by atoms with E-state index in [4.69, 9.17) is 5.73 Å². The van der Waals surface area contributed by atoms with Crippen LogP contribution in [0.2, 0.25) is 0 Å². The van der Waals surface area contributed by atoms with Crippen molar-refractivity contribution >= 4 is 18.3 Å². The van der Waals surface area contributed by atoms with Gasteiger partial charge < -0.3 is 16.2 Å². The molecule has 6 nitrogen and oxygen atoms in total. The summed E-state index contributed by atoms with van der Waals surface area (Å²) in [6, 6.07) is 1.61. The minimum atomic E-state index is -0.543. The molecule has 0 radical (unpaired) electrons. The molecule has 1 fully saturated rings. The largest absolute Gasteiger partial charge is 0.391 e. The van der Waals surface area contributed by atoms with Crippen molar-refractivity contribution in [1.29, 1.82) is 0 Å². The Morgan fingerprint density at radius 1 is 1.61 bits per heavy atom. The zero-order chi connectivity index (χ0) is 12.3. The van der Waals surface area contributed by atoms with Gasteiger partial charge in [0, 0.05) is 36.8 Å². The van der Waals surface area contributed by atoms with Crippen molar-refractivity contribution in [1.82, 2.24) is 15.5 Å². The first-order valence-corrected chi connectivity index (χ1v) is 5.86. The van der Waals surface area contributed by atoms with E-state index in [0.29, 0.717) is 19.4 Å². The number of aliphatic hydroxyl groups excluding tert-OH is 1. The molecule has 1 amide bonds. The third kappa shape index (κ3) is 3.69. The normalized spacial score (nSPS) is 26.7. The highest BCUT2D eigenvalue weighted by Crippen LogP contribution is 2.24. The maximum absolute atomic E-state index is 11.8. The van der Waals surface area contributed by atoms with Gasteiger partial charge in [0.15, 0.2) is 0 Å². The fourth-order valence-corrected chi connectivity index (χ4v) is 2.15. The fraction of sp³-hybridized carbons (Fsp3) is 0.636. The van der Waals surface area contributed by atoms with Crippen molar-refractivity contribution in [2.45, 2.75) is 31.4 Å². The van der Waals surface area contributed by atoms with Crippen molar-refractivity contribution in [3.8, 4) is 0 Å². The highest BCUT2D eigenvalue weighted by Gasteiger charge is 2.34. The number of aromatic nitrogens is 2. The highest BCUT2D eigenvalue weighted by molar-refractivity contribution is 5.85. The van der Waals surface area contributed by atoms with Crippen LogP contribution >= 0.6 is 12.4 Å². The van der Waals surface area contributed by atoms with E-state index in [9.17, 15) is 9.90 Å². The number of aromatic amines is 1. The lowest BCUT2D eigenvalue weighted by molar-refractivity contribution is -0.125. The topological polar surface area (TPSA) is 104 Å². The molecule has 0 aliphatic heterocycles. The molecular weight excluding hydrogens is 256 g/mol. The predicted octanol–water partition coefficient (Wildman–Crippen LogP) is -0.412. The number of carbonyl (C=O) groups excluding carboxylic acids is 1. The SMILES string of the molecule is Cl.N[C@H]1C[C@H](C(=O)NCCc2ccn[nH]2)C[C@@H]1O. The zero-order valence-corrected chi connectivity index (χ0v) is 10.8. The lowest BCUT2D eigenvalue weighted by Crippen LogP contribution is -2.32. The summed E-state index contributed by atoms with van der Waals surface area (Å²) in [5.74, 6) is -0.168. The number of carbonyl (C=O) groups is 1. The van der Waals surface area contributed by atoms with Crippen LogP contribution in [0.4, 0.5) is 0 Å². The molecule has 1 saturated carbocycles. The molecule has 1 aromatic rings. The molecule has 18 heavy (non-hydrogen) atoms. The van der Waals surface area contributed by atoms with Crippen LogP contribution < -0.4 is 11.1 Å². The second kappa shape index (κ2) is 6.72. The van der Waals surface area contributed by atoms with Gasteiger partial charge in [0.25, 0.3) is 0 Å². The average molecular weight is 275 g/mol. The van der Waals surface area contributed by atoms with E-state index in [0.717, 1.165) is 12.1 Å². The molecule has 1 aliphatic rings. The second-order valence-corrected chi connectivity index (χ2v) is 4.52. The molecular formula is C11H19ClN4O2. The fourth-order valence-electron chi connectivity index (χ4n) is 2.15. The number of amides is 1. The van der Waals surface area contributed by atoms with Crippen LogP contribution in [0, 0.1) is 5.92 Å². The van der Waals surface area contributed by atoms with E-state index < -0.39 is 6.10 Å². The molecule has 2 rings (SSSR count). The summed E-state index contributed by atoms with van der Waals surface area (Å²) >= 11 is 0. The molecule has 1 heterocycles. The van der Waals surface area contributed by atoms with E-state index in [1.165, 1.54) is 0 Å². The van der Waals surface area contributed by atoms with Crippen molar-refractivity contribution in [2.75, 3.05) is 6.54 Å². The zero-order valence-electron chi connectivity index (χ0n) is 10.0. The molecule has 0 aromatic carbocycles. The number of H-pyrrole nitrogens is 1. The average Bonchev–Trinajstić information content (AvgIpc) is 2.90. The van der Waals surface area contributed by atoms with Gasteiger partial charge in [-0.15, -0.1) is 12.4 Å². The van der Waals surface area contributed by atoms with Crippen LogP contribution in [0.25, 0.3) is 0 Å². The highest BCUT2D eigenvalue weighted by atomic mass is 35.5. The predicted molar refractivity (Wildman–Crippen MR) is 69.3 cm³/mol. The summed E-state index contributed by atoms with van der Waals surface area (Å²) in [6.07, 6.45) is 2.91. The van der Waals surface area contributed by atoms with Crippen molar-refractivity contribution in [3.63, 3.8) is 0 Å². The molecule has 0 spiro atoms. The van der Waals surface area contributed by atoms with Gasteiger partial charge in [0.1, 0.15) is 0 Å². The quantitative estimate of drug-likeness (QED) is 0.599. The minimum absolute atomic E-state index is 0. The molecule has 0 bridgehead atoms. The molecule has 3 atom stereocenters. The first-order chi connectivity index (χ1) is 8.16. The Bertz CT molecular complexity index is 361. The van der Waals surface area contributed by atoms with Gasteiger partial charge in [-0.05, 0) is 18.9 Å². The molecule has 102 valence electrons. The molecule has 0 saturated heterocycles. The lowest BCUT2D eigenvalue weighted by atomic mass is 10.1. The summed E-state index contributed by atoms with van der Waals surface area (Å²) < 4.78 is 0. The van der Waals surface area contributed by atoms with Crippen LogP contribution in [0.5, 0.6) is 0 Å². The van der Waals surface area contributed by atoms with Gasteiger partial charge in [-0.25, -0.2) is 0 Å². The summed E-state index contributed by atoms with van der Waals surface area (Å²) in [7, 11) is 0. The number of rotatable bonds is 4. The minimum Gasteiger partial charge on any atom is -0.391 e. The first kappa shape index (κ1) is 14.9. The standard InChI is InChI=1S/C11H18N4O2.ClH/c12-9-5-7(6-10(9)16)11(17)13-3-1-8-2-4-14-15-8;/h2,4,7,9-10,16H,1,3,5-6,12H2,(H,13,17)(H,14,15);1H/t7-,9-,10-;/m0./s1. The molecule has 0 unspecified atom stereocenters. The van der Waals surface area contributed by atoms with E-state index in [1.54, 1.807) is 6.20 Å². The Hall–Kier alpha value is -1.11. The number of nitrogens with one attached hydrogen (secondary N) is 2. The summed E-state index contributed by atoms with van der Waals surface area (Å²) in [5, 5.41) is 19.0. The van der Waals surface area contributed by atoms with Crippen LogP contribution in [-0.4, -0.2) is 39.9 Å². The number of nitrogens with two attached hydrogens (primary N) is 1. The van der Waals surface area contributed by atoms with E-state index >= 15 is 0 Å². The maximum Gasteiger partial charge on any atom is 0.223 e. The van der Waals surface area contributed by atoms with E-state index in [-0.39, 0.29) is 30.3 Å². The monoisotopic (exact) mass is 274 g/mol. The molecule has 7 heteroatoms. The third-order valence-corrected chi connectivity index (χ3v) is 3.20. The number of hydrogen-bond acceptors (Lipinski definition) is 4. The molecule has 5 N–H and O–H groups in total. The number of hydrogen-bond donors (Lipinski definition) is 4. The van der Waals surface area contributed by atoms with Crippen molar-refractivity contribution in [3.05, 3.63) is 18.0 Å². The lowest BCUT2D eigenvalue weighted by Gasteiger charge is -2.09. The first-order valence-electron chi connectivity index (χ1n) is 5.86. The van der Waals surface area contributed by atoms with Gasteiger partial charge in [0.05, 0.1) is 6.10 Å². The number of nitrogens with zero attached hydrogens (tertiary/aromatic N) is 1. The van der Waals surface area contributed by atoms with E-state index in [1.807, 2.05) is 6.07 Å². The number of aliphatic hydroxyl groups is 1.